The molecule has 13 heavy (non-hydrogen) atoms. The van der Waals surface area contributed by atoms with Crippen molar-refractivity contribution < 1.29 is 0 Å². The van der Waals surface area contributed by atoms with Crippen molar-refractivity contribution in [1.29, 1.82) is 0 Å². The molecule has 0 spiro atoms. The zero-order chi connectivity index (χ0) is 9.68. The number of rotatable bonds is 5. The molecule has 0 radical (unpaired) electrons. The first kappa shape index (κ1) is 11.1. The minimum atomic E-state index is 0.574. The number of nitrogens with zero attached hydrogens (tertiary/aromatic N) is 1. The van der Waals surface area contributed by atoms with Gasteiger partial charge in [-0.25, -0.2) is 4.98 Å². The van der Waals surface area contributed by atoms with Crippen LogP contribution in [0.4, 0.5) is 5.13 Å². The highest BCUT2D eigenvalue weighted by molar-refractivity contribution is 7.99. The van der Waals surface area contributed by atoms with Gasteiger partial charge < -0.3 is 5.32 Å². The molecule has 1 unspecified atom stereocenters. The molecule has 1 rings (SSSR count). The molecule has 0 fully saturated rings. The van der Waals surface area contributed by atoms with Gasteiger partial charge in [-0.05, 0) is 12.7 Å². The van der Waals surface area contributed by atoms with Crippen LogP contribution in [0.2, 0.25) is 5.15 Å². The van der Waals surface area contributed by atoms with E-state index in [0.29, 0.717) is 10.4 Å². The standard InChI is InChI=1S/C8H13ClN2S2/c1-6(12-2)3-4-10-8-11-7(9)5-13-8/h5-6H,3-4H2,1-2H3,(H,10,11). The molecule has 1 aromatic heterocycles. The monoisotopic (exact) mass is 236 g/mol. The Morgan fingerprint density at radius 3 is 3.08 bits per heavy atom. The summed E-state index contributed by atoms with van der Waals surface area (Å²) in [5.41, 5.74) is 0. The van der Waals surface area contributed by atoms with Gasteiger partial charge in [0.25, 0.3) is 0 Å². The average molecular weight is 237 g/mol. The lowest BCUT2D eigenvalue weighted by Crippen LogP contribution is -2.07. The molecule has 0 saturated carbocycles. The molecule has 1 heterocycles. The lowest BCUT2D eigenvalue weighted by molar-refractivity contribution is 0.853. The van der Waals surface area contributed by atoms with Gasteiger partial charge in [0.1, 0.15) is 5.15 Å². The van der Waals surface area contributed by atoms with Crippen LogP contribution in [0.5, 0.6) is 0 Å². The molecular formula is C8H13ClN2S2. The molecule has 0 aliphatic heterocycles. The van der Waals surface area contributed by atoms with Crippen LogP contribution in [0.25, 0.3) is 0 Å². The second kappa shape index (κ2) is 5.73. The fourth-order valence-electron chi connectivity index (χ4n) is 0.836. The van der Waals surface area contributed by atoms with Crippen molar-refractivity contribution in [2.75, 3.05) is 18.1 Å². The van der Waals surface area contributed by atoms with Crippen LogP contribution >= 0.6 is 34.7 Å². The predicted molar refractivity (Wildman–Crippen MR) is 63.2 cm³/mol. The Bertz CT molecular complexity index is 252. The molecular weight excluding hydrogens is 224 g/mol. The molecule has 1 N–H and O–H groups in total. The largest absolute Gasteiger partial charge is 0.361 e. The molecule has 1 atom stereocenters. The fourth-order valence-corrected chi connectivity index (χ4v) is 2.06. The second-order valence-electron chi connectivity index (χ2n) is 2.74. The first-order chi connectivity index (χ1) is 6.22. The third-order valence-electron chi connectivity index (χ3n) is 1.71. The predicted octanol–water partition coefficient (Wildman–Crippen LogP) is 3.35. The Labute approximate surface area is 92.1 Å². The maximum atomic E-state index is 5.68. The van der Waals surface area contributed by atoms with Crippen LogP contribution in [-0.4, -0.2) is 23.0 Å². The summed E-state index contributed by atoms with van der Waals surface area (Å²) in [5, 5.41) is 7.26. The summed E-state index contributed by atoms with van der Waals surface area (Å²) < 4.78 is 0. The molecule has 5 heteroatoms. The Hall–Kier alpha value is 0.0700. The summed E-state index contributed by atoms with van der Waals surface area (Å²) in [4.78, 5) is 4.10. The Morgan fingerprint density at radius 1 is 1.77 bits per heavy atom. The summed E-state index contributed by atoms with van der Waals surface area (Å²) in [5.74, 6) is 0. The van der Waals surface area contributed by atoms with Gasteiger partial charge in [0.15, 0.2) is 5.13 Å². The molecule has 0 aliphatic rings. The van der Waals surface area contributed by atoms with E-state index in [0.717, 1.165) is 18.1 Å². The van der Waals surface area contributed by atoms with Crippen LogP contribution in [-0.2, 0) is 0 Å². The number of hydrogen-bond acceptors (Lipinski definition) is 4. The smallest absolute Gasteiger partial charge is 0.184 e. The van der Waals surface area contributed by atoms with Gasteiger partial charge in [0.2, 0.25) is 0 Å². The zero-order valence-corrected chi connectivity index (χ0v) is 10.1. The van der Waals surface area contributed by atoms with Crippen molar-refractivity contribution in [2.45, 2.75) is 18.6 Å². The second-order valence-corrected chi connectivity index (χ2v) is 5.26. The zero-order valence-electron chi connectivity index (χ0n) is 7.71. The van der Waals surface area contributed by atoms with E-state index >= 15 is 0 Å². The van der Waals surface area contributed by atoms with Gasteiger partial charge in [-0.3, -0.25) is 0 Å². The minimum Gasteiger partial charge on any atom is -0.361 e. The number of hydrogen-bond donors (Lipinski definition) is 1. The minimum absolute atomic E-state index is 0.574. The summed E-state index contributed by atoms with van der Waals surface area (Å²) in [7, 11) is 0. The van der Waals surface area contributed by atoms with Crippen molar-refractivity contribution in [3.63, 3.8) is 0 Å². The van der Waals surface area contributed by atoms with Crippen LogP contribution in [0.3, 0.4) is 0 Å². The van der Waals surface area contributed by atoms with Crippen LogP contribution in [0.1, 0.15) is 13.3 Å². The lowest BCUT2D eigenvalue weighted by Gasteiger charge is -2.07. The van der Waals surface area contributed by atoms with E-state index in [1.165, 1.54) is 0 Å². The SMILES string of the molecule is CSC(C)CCNc1nc(Cl)cs1. The van der Waals surface area contributed by atoms with Gasteiger partial charge in [-0.1, -0.05) is 18.5 Å². The molecule has 0 amide bonds. The van der Waals surface area contributed by atoms with E-state index in [1.54, 1.807) is 11.3 Å². The van der Waals surface area contributed by atoms with Gasteiger partial charge in [-0.2, -0.15) is 11.8 Å². The maximum absolute atomic E-state index is 5.68. The van der Waals surface area contributed by atoms with Crippen LogP contribution in [0, 0.1) is 0 Å². The van der Waals surface area contributed by atoms with Crippen molar-refractivity contribution >= 4 is 39.8 Å². The number of nitrogens with one attached hydrogen (secondary N) is 1. The number of halogens is 1. The Kier molecular flexibility index (Phi) is 4.91. The molecule has 0 bridgehead atoms. The van der Waals surface area contributed by atoms with Gasteiger partial charge in [0, 0.05) is 17.2 Å². The Morgan fingerprint density at radius 2 is 2.54 bits per heavy atom. The van der Waals surface area contributed by atoms with Crippen LogP contribution in [0.15, 0.2) is 5.38 Å². The molecule has 2 nitrogen and oxygen atoms in total. The molecule has 74 valence electrons. The topological polar surface area (TPSA) is 24.9 Å². The maximum Gasteiger partial charge on any atom is 0.184 e. The van der Waals surface area contributed by atoms with E-state index < -0.39 is 0 Å². The fraction of sp³-hybridized carbons (Fsp3) is 0.625. The quantitative estimate of drug-likeness (QED) is 0.849. The van der Waals surface area contributed by atoms with Gasteiger partial charge in [0.05, 0.1) is 0 Å². The van der Waals surface area contributed by atoms with Crippen molar-refractivity contribution in [3.05, 3.63) is 10.5 Å². The lowest BCUT2D eigenvalue weighted by atomic mass is 10.3. The summed E-state index contributed by atoms with van der Waals surface area (Å²) in [6, 6.07) is 0. The van der Waals surface area contributed by atoms with E-state index in [4.69, 9.17) is 11.6 Å². The summed E-state index contributed by atoms with van der Waals surface area (Å²) in [6.07, 6.45) is 3.28. The highest BCUT2D eigenvalue weighted by Gasteiger charge is 2.01. The van der Waals surface area contributed by atoms with E-state index in [2.05, 4.69) is 23.5 Å². The molecule has 0 aliphatic carbocycles. The first-order valence-corrected chi connectivity index (χ1v) is 6.64. The highest BCUT2D eigenvalue weighted by atomic mass is 35.5. The first-order valence-electron chi connectivity index (χ1n) is 4.10. The van der Waals surface area contributed by atoms with Gasteiger partial charge in [-0.15, -0.1) is 11.3 Å². The van der Waals surface area contributed by atoms with Crippen LogP contribution < -0.4 is 5.32 Å². The normalized spacial score (nSPS) is 12.8. The van der Waals surface area contributed by atoms with E-state index in [9.17, 15) is 0 Å². The summed E-state index contributed by atoms with van der Waals surface area (Å²) in [6.45, 7) is 3.19. The number of thioether (sulfide) groups is 1. The molecule has 1 aromatic rings. The number of aromatic nitrogens is 1. The van der Waals surface area contributed by atoms with E-state index in [1.807, 2.05) is 17.1 Å². The van der Waals surface area contributed by atoms with Crippen molar-refractivity contribution in [2.24, 2.45) is 0 Å². The number of thiazole rings is 1. The van der Waals surface area contributed by atoms with Gasteiger partial charge >= 0.3 is 0 Å². The average Bonchev–Trinajstić information content (AvgIpc) is 2.51. The van der Waals surface area contributed by atoms with Crippen molar-refractivity contribution in [3.8, 4) is 0 Å². The third-order valence-corrected chi connectivity index (χ3v) is 3.87. The van der Waals surface area contributed by atoms with Crippen molar-refractivity contribution in [1.82, 2.24) is 4.98 Å². The summed E-state index contributed by atoms with van der Waals surface area (Å²) >= 11 is 9.11. The Balaban J connectivity index is 2.20. The third kappa shape index (κ3) is 4.20. The highest BCUT2D eigenvalue weighted by Crippen LogP contribution is 2.19. The molecule has 0 aromatic carbocycles. The number of anilines is 1. The van der Waals surface area contributed by atoms with E-state index in [-0.39, 0.29) is 0 Å². The molecule has 0 saturated heterocycles.